The summed E-state index contributed by atoms with van der Waals surface area (Å²) in [6.07, 6.45) is 4.81. The fraction of sp³-hybridized carbons (Fsp3) is 0.364. The van der Waals surface area contributed by atoms with E-state index in [1.807, 2.05) is 42.6 Å². The molecule has 140 valence electrons. The summed E-state index contributed by atoms with van der Waals surface area (Å²) in [5.41, 5.74) is 0.739. The monoisotopic (exact) mass is 363 g/mol. The van der Waals surface area contributed by atoms with Crippen molar-refractivity contribution in [2.45, 2.75) is 19.3 Å². The Bertz CT molecular complexity index is 931. The van der Waals surface area contributed by atoms with Crippen LogP contribution in [-0.2, 0) is 6.42 Å². The molecule has 5 nitrogen and oxygen atoms in total. The fourth-order valence-corrected chi connectivity index (χ4v) is 3.65. The van der Waals surface area contributed by atoms with E-state index in [4.69, 9.17) is 4.42 Å². The van der Waals surface area contributed by atoms with Crippen LogP contribution < -0.4 is 10.3 Å². The van der Waals surface area contributed by atoms with Crippen molar-refractivity contribution in [1.82, 2.24) is 9.88 Å². The van der Waals surface area contributed by atoms with Crippen LogP contribution >= 0.6 is 0 Å². The maximum Gasteiger partial charge on any atom is 0.192 e. The maximum absolute atomic E-state index is 12.1. The Morgan fingerprint density at radius 3 is 2.59 bits per heavy atom. The molecule has 1 aromatic carbocycles. The Balaban J connectivity index is 1.23. The quantitative estimate of drug-likeness (QED) is 0.629. The molecule has 0 amide bonds. The topological polar surface area (TPSA) is 49.6 Å². The number of aromatic nitrogens is 1. The number of nitrogens with zero attached hydrogens (tertiary/aromatic N) is 3. The third kappa shape index (κ3) is 4.37. The zero-order valence-electron chi connectivity index (χ0n) is 15.5. The molecule has 0 bridgehead atoms. The van der Waals surface area contributed by atoms with Gasteiger partial charge in [0.1, 0.15) is 17.2 Å². The highest BCUT2D eigenvalue weighted by atomic mass is 16.3. The molecular formula is C22H25N3O2. The Labute approximate surface area is 159 Å². The first kappa shape index (κ1) is 17.7. The van der Waals surface area contributed by atoms with Crippen molar-refractivity contribution in [3.63, 3.8) is 0 Å². The van der Waals surface area contributed by atoms with Crippen LogP contribution in [0.15, 0.2) is 63.9 Å². The first-order valence-corrected chi connectivity index (χ1v) is 9.70. The van der Waals surface area contributed by atoms with Gasteiger partial charge in [-0.15, -0.1) is 0 Å². The second-order valence-corrected chi connectivity index (χ2v) is 7.05. The number of pyridine rings is 1. The minimum Gasteiger partial charge on any atom is -0.461 e. The molecule has 2 aromatic heterocycles. The van der Waals surface area contributed by atoms with Crippen LogP contribution in [0.3, 0.4) is 0 Å². The largest absolute Gasteiger partial charge is 0.461 e. The van der Waals surface area contributed by atoms with Crippen molar-refractivity contribution in [3.05, 3.63) is 70.7 Å². The van der Waals surface area contributed by atoms with Gasteiger partial charge in [0.2, 0.25) is 0 Å². The van der Waals surface area contributed by atoms with Gasteiger partial charge < -0.3 is 9.32 Å². The summed E-state index contributed by atoms with van der Waals surface area (Å²) < 4.78 is 5.87. The Morgan fingerprint density at radius 1 is 0.963 bits per heavy atom. The van der Waals surface area contributed by atoms with Gasteiger partial charge in [0.05, 0.1) is 5.39 Å². The van der Waals surface area contributed by atoms with E-state index in [9.17, 15) is 4.79 Å². The number of aryl methyl sites for hydroxylation is 1. The predicted molar refractivity (Wildman–Crippen MR) is 108 cm³/mol. The summed E-state index contributed by atoms with van der Waals surface area (Å²) >= 11 is 0. The first-order valence-electron chi connectivity index (χ1n) is 9.70. The smallest absolute Gasteiger partial charge is 0.192 e. The second-order valence-electron chi connectivity index (χ2n) is 7.05. The number of hydrogen-bond acceptors (Lipinski definition) is 5. The van der Waals surface area contributed by atoms with E-state index in [1.54, 1.807) is 6.07 Å². The summed E-state index contributed by atoms with van der Waals surface area (Å²) in [5.74, 6) is 1.86. The van der Waals surface area contributed by atoms with Crippen LogP contribution in [0.1, 0.15) is 18.6 Å². The van der Waals surface area contributed by atoms with Gasteiger partial charge in [-0.2, -0.15) is 0 Å². The number of piperazine rings is 1. The van der Waals surface area contributed by atoms with Crippen LogP contribution in [0.25, 0.3) is 11.0 Å². The highest BCUT2D eigenvalue weighted by Crippen LogP contribution is 2.15. The van der Waals surface area contributed by atoms with E-state index in [1.165, 1.54) is 0 Å². The lowest BCUT2D eigenvalue weighted by molar-refractivity contribution is 0.252. The Morgan fingerprint density at radius 2 is 1.78 bits per heavy atom. The van der Waals surface area contributed by atoms with Gasteiger partial charge in [0.25, 0.3) is 0 Å². The van der Waals surface area contributed by atoms with E-state index in [2.05, 4.69) is 20.9 Å². The summed E-state index contributed by atoms with van der Waals surface area (Å²) in [4.78, 5) is 21.4. The molecule has 0 aliphatic carbocycles. The van der Waals surface area contributed by atoms with E-state index in [-0.39, 0.29) is 5.43 Å². The molecule has 5 heteroatoms. The van der Waals surface area contributed by atoms with E-state index in [0.717, 1.165) is 63.6 Å². The van der Waals surface area contributed by atoms with Crippen LogP contribution in [0, 0.1) is 0 Å². The molecular weight excluding hydrogens is 338 g/mol. The normalized spacial score (nSPS) is 15.3. The first-order chi connectivity index (χ1) is 13.3. The maximum atomic E-state index is 12.1. The molecule has 27 heavy (non-hydrogen) atoms. The number of fused-ring (bicyclic) bond motifs is 1. The number of benzene rings is 1. The van der Waals surface area contributed by atoms with E-state index >= 15 is 0 Å². The van der Waals surface area contributed by atoms with Crippen molar-refractivity contribution in [2.75, 3.05) is 37.6 Å². The molecule has 1 aliphatic rings. The molecule has 0 spiro atoms. The minimum absolute atomic E-state index is 0.0532. The highest BCUT2D eigenvalue weighted by molar-refractivity contribution is 5.76. The fourth-order valence-electron chi connectivity index (χ4n) is 3.65. The van der Waals surface area contributed by atoms with Crippen LogP contribution in [0.2, 0.25) is 0 Å². The number of hydrogen-bond donors (Lipinski definition) is 0. The van der Waals surface area contributed by atoms with Gasteiger partial charge >= 0.3 is 0 Å². The third-order valence-corrected chi connectivity index (χ3v) is 5.18. The van der Waals surface area contributed by atoms with Gasteiger partial charge in [-0.3, -0.25) is 9.69 Å². The average molecular weight is 363 g/mol. The van der Waals surface area contributed by atoms with Crippen molar-refractivity contribution in [1.29, 1.82) is 0 Å². The van der Waals surface area contributed by atoms with Crippen molar-refractivity contribution < 1.29 is 4.42 Å². The zero-order chi connectivity index (χ0) is 18.5. The molecule has 1 aliphatic heterocycles. The van der Waals surface area contributed by atoms with Gasteiger partial charge in [0.15, 0.2) is 5.43 Å². The second kappa shape index (κ2) is 8.35. The molecule has 4 rings (SSSR count). The lowest BCUT2D eigenvalue weighted by atomic mass is 10.1. The van der Waals surface area contributed by atoms with Crippen molar-refractivity contribution in [3.8, 4) is 0 Å². The van der Waals surface area contributed by atoms with Gasteiger partial charge in [-0.05, 0) is 43.7 Å². The molecule has 3 aromatic rings. The van der Waals surface area contributed by atoms with Crippen molar-refractivity contribution in [2.24, 2.45) is 0 Å². The van der Waals surface area contributed by atoms with E-state index < -0.39 is 0 Å². The third-order valence-electron chi connectivity index (χ3n) is 5.18. The lowest BCUT2D eigenvalue weighted by Crippen LogP contribution is -2.46. The Kier molecular flexibility index (Phi) is 5.49. The molecule has 0 saturated carbocycles. The number of rotatable bonds is 6. The zero-order valence-corrected chi connectivity index (χ0v) is 15.5. The standard InChI is InChI=1S/C22H25N3O2/c26-20-17-18(27-21-9-2-1-8-19(20)21)7-4-6-12-24-13-15-25(16-14-24)22-10-3-5-11-23-22/h1-3,5,8-11,17H,4,6-7,12-16H2. The summed E-state index contributed by atoms with van der Waals surface area (Å²) in [7, 11) is 0. The van der Waals surface area contributed by atoms with Crippen LogP contribution in [0.5, 0.6) is 0 Å². The summed E-state index contributed by atoms with van der Waals surface area (Å²) in [5, 5.41) is 0.659. The lowest BCUT2D eigenvalue weighted by Gasteiger charge is -2.35. The SMILES string of the molecule is O=c1cc(CCCCN2CCN(c3ccccn3)CC2)oc2ccccc12. The Hall–Kier alpha value is -2.66. The highest BCUT2D eigenvalue weighted by Gasteiger charge is 2.17. The molecule has 3 heterocycles. The number of unbranched alkanes of at least 4 members (excludes halogenated alkanes) is 1. The average Bonchev–Trinajstić information content (AvgIpc) is 2.72. The molecule has 0 N–H and O–H groups in total. The van der Waals surface area contributed by atoms with Crippen LogP contribution in [-0.4, -0.2) is 42.6 Å². The molecule has 0 atom stereocenters. The van der Waals surface area contributed by atoms with Gasteiger partial charge in [0, 0.05) is 44.9 Å². The summed E-state index contributed by atoms with van der Waals surface area (Å²) in [6.45, 7) is 5.28. The molecule has 0 unspecified atom stereocenters. The predicted octanol–water partition coefficient (Wildman–Crippen LogP) is 3.33. The molecule has 1 saturated heterocycles. The molecule has 1 fully saturated rings. The number of para-hydroxylation sites is 1. The summed E-state index contributed by atoms with van der Waals surface area (Å²) in [6, 6.07) is 15.2. The minimum atomic E-state index is 0.0532. The molecule has 0 radical (unpaired) electrons. The number of anilines is 1. The van der Waals surface area contributed by atoms with Gasteiger partial charge in [-0.25, -0.2) is 4.98 Å². The van der Waals surface area contributed by atoms with Crippen LogP contribution in [0.4, 0.5) is 5.82 Å². The van der Waals surface area contributed by atoms with Gasteiger partial charge in [-0.1, -0.05) is 18.2 Å². The van der Waals surface area contributed by atoms with Crippen molar-refractivity contribution >= 4 is 16.8 Å². The van der Waals surface area contributed by atoms with E-state index in [0.29, 0.717) is 11.0 Å².